The van der Waals surface area contributed by atoms with Gasteiger partial charge in [0, 0.05) is 24.2 Å². The number of carbonyl (C=O) groups excluding carboxylic acids is 1. The first-order valence-corrected chi connectivity index (χ1v) is 7.01. The maximum Gasteiger partial charge on any atom is 0.255 e. The van der Waals surface area contributed by atoms with Crippen LogP contribution >= 0.6 is 46.1 Å². The first-order valence-electron chi connectivity index (χ1n) is 4.99. The molecule has 0 unspecified atom stereocenters. The topological polar surface area (TPSA) is 34.9 Å². The lowest BCUT2D eigenvalue weighted by atomic mass is 10.2. The summed E-state index contributed by atoms with van der Waals surface area (Å²) in [6, 6.07) is 1.68. The number of hydrogen-bond acceptors (Lipinski definition) is 3. The molecule has 0 aliphatic heterocycles. The molecule has 7 heteroatoms. The molecule has 0 bridgehead atoms. The number of thiazole rings is 1. The van der Waals surface area contributed by atoms with E-state index in [9.17, 15) is 4.79 Å². The lowest BCUT2D eigenvalue weighted by Gasteiger charge is -2.09. The van der Waals surface area contributed by atoms with Crippen molar-refractivity contribution in [2.45, 2.75) is 10.7 Å². The van der Waals surface area contributed by atoms with E-state index in [1.54, 1.807) is 35.2 Å². The summed E-state index contributed by atoms with van der Waals surface area (Å²) in [5, 5.41) is 2.89. The molecule has 18 heavy (non-hydrogen) atoms. The number of hydrogen-bond donors (Lipinski definition) is 0. The Labute approximate surface area is 123 Å². The molecule has 2 heterocycles. The molecule has 0 fully saturated rings. The van der Waals surface area contributed by atoms with Gasteiger partial charge < -0.3 is 4.57 Å². The van der Waals surface area contributed by atoms with Crippen molar-refractivity contribution in [2.75, 3.05) is 0 Å². The van der Waals surface area contributed by atoms with Gasteiger partial charge in [-0.15, -0.1) is 11.3 Å². The summed E-state index contributed by atoms with van der Waals surface area (Å²) >= 11 is 18.4. The lowest BCUT2D eigenvalue weighted by molar-refractivity contribution is 0.0988. The molecule has 0 saturated carbocycles. The van der Waals surface area contributed by atoms with Gasteiger partial charge in [0.25, 0.3) is 3.79 Å². The molecule has 2 aromatic heterocycles. The van der Waals surface area contributed by atoms with Gasteiger partial charge in [0.15, 0.2) is 0 Å². The molecule has 0 radical (unpaired) electrons. The highest BCUT2D eigenvalue weighted by atomic mass is 35.6. The minimum absolute atomic E-state index is 0.343. The van der Waals surface area contributed by atoms with Crippen LogP contribution in [0.15, 0.2) is 17.6 Å². The standard InChI is InChI=1S/C11H9Cl3N2OS/c1-6-15-8(5-18-6)7-3-9(16(2)4-7)10(17)11(12,13)14/h3-5H,1-2H3. The number of rotatable bonds is 2. The first-order chi connectivity index (χ1) is 8.29. The number of aryl methyl sites for hydroxylation is 2. The number of halogens is 3. The third kappa shape index (κ3) is 2.72. The molecule has 0 amide bonds. The molecule has 0 aromatic carbocycles. The highest BCUT2D eigenvalue weighted by Gasteiger charge is 2.33. The Hall–Kier alpha value is -0.550. The predicted molar refractivity (Wildman–Crippen MR) is 75.9 cm³/mol. The smallest absolute Gasteiger partial charge is 0.255 e. The molecule has 96 valence electrons. The second-order valence-electron chi connectivity index (χ2n) is 3.80. The van der Waals surface area contributed by atoms with Crippen molar-refractivity contribution >= 4 is 51.9 Å². The third-order valence-corrected chi connectivity index (χ3v) is 3.70. The van der Waals surface area contributed by atoms with Gasteiger partial charge in [0.05, 0.1) is 16.4 Å². The Bertz CT molecular complexity index is 598. The maximum absolute atomic E-state index is 11.9. The van der Waals surface area contributed by atoms with E-state index >= 15 is 0 Å². The van der Waals surface area contributed by atoms with Crippen LogP contribution in [0.25, 0.3) is 11.3 Å². The second-order valence-corrected chi connectivity index (χ2v) is 7.15. The van der Waals surface area contributed by atoms with Crippen LogP contribution in [0.4, 0.5) is 0 Å². The van der Waals surface area contributed by atoms with Gasteiger partial charge in [0.2, 0.25) is 5.78 Å². The monoisotopic (exact) mass is 322 g/mol. The molecule has 0 N–H and O–H groups in total. The maximum atomic E-state index is 11.9. The molecule has 3 nitrogen and oxygen atoms in total. The van der Waals surface area contributed by atoms with Gasteiger partial charge in [-0.1, -0.05) is 34.8 Å². The van der Waals surface area contributed by atoms with E-state index in [0.717, 1.165) is 16.3 Å². The van der Waals surface area contributed by atoms with E-state index in [0.29, 0.717) is 5.69 Å². The summed E-state index contributed by atoms with van der Waals surface area (Å²) in [7, 11) is 1.73. The van der Waals surface area contributed by atoms with Crippen LogP contribution in [0.5, 0.6) is 0 Å². The highest BCUT2D eigenvalue weighted by Crippen LogP contribution is 2.32. The molecule has 0 spiro atoms. The van der Waals surface area contributed by atoms with E-state index in [-0.39, 0.29) is 0 Å². The number of aromatic nitrogens is 2. The van der Waals surface area contributed by atoms with Gasteiger partial charge in [0.1, 0.15) is 0 Å². The normalized spacial score (nSPS) is 11.8. The molecule has 0 aliphatic rings. The van der Waals surface area contributed by atoms with Crippen molar-refractivity contribution in [3.8, 4) is 11.3 Å². The van der Waals surface area contributed by atoms with Crippen molar-refractivity contribution in [3.05, 3.63) is 28.3 Å². The van der Waals surface area contributed by atoms with E-state index in [1.165, 1.54) is 0 Å². The van der Waals surface area contributed by atoms with Crippen LogP contribution < -0.4 is 0 Å². The SMILES string of the molecule is Cc1nc(-c2cc(C(=O)C(Cl)(Cl)Cl)n(C)c2)cs1. The fourth-order valence-electron chi connectivity index (χ4n) is 1.57. The third-order valence-electron chi connectivity index (χ3n) is 2.41. The Morgan fingerprint density at radius 1 is 1.44 bits per heavy atom. The van der Waals surface area contributed by atoms with Gasteiger partial charge in [-0.3, -0.25) is 4.79 Å². The number of carbonyl (C=O) groups is 1. The molecule has 2 rings (SSSR count). The largest absolute Gasteiger partial charge is 0.347 e. The van der Waals surface area contributed by atoms with Gasteiger partial charge in [-0.25, -0.2) is 4.98 Å². The van der Waals surface area contributed by atoms with Gasteiger partial charge in [-0.05, 0) is 13.0 Å². The zero-order valence-corrected chi connectivity index (χ0v) is 12.7. The zero-order valence-electron chi connectivity index (χ0n) is 9.58. The molecular formula is C11H9Cl3N2OS. The Morgan fingerprint density at radius 3 is 2.61 bits per heavy atom. The van der Waals surface area contributed by atoms with Crippen LogP contribution in [0, 0.1) is 6.92 Å². The number of nitrogens with zero attached hydrogens (tertiary/aromatic N) is 2. The second kappa shape index (κ2) is 4.85. The Morgan fingerprint density at radius 2 is 2.11 bits per heavy atom. The zero-order chi connectivity index (χ0) is 13.5. The summed E-state index contributed by atoms with van der Waals surface area (Å²) in [5.41, 5.74) is 1.99. The molecule has 0 saturated heterocycles. The van der Waals surface area contributed by atoms with Crippen molar-refractivity contribution in [2.24, 2.45) is 7.05 Å². The summed E-state index contributed by atoms with van der Waals surface area (Å²) in [6.07, 6.45) is 1.79. The average Bonchev–Trinajstić information content (AvgIpc) is 2.82. The van der Waals surface area contributed by atoms with Crippen LogP contribution in [0.2, 0.25) is 0 Å². The summed E-state index contributed by atoms with van der Waals surface area (Å²) in [6.45, 7) is 1.92. The van der Waals surface area contributed by atoms with E-state index in [1.807, 2.05) is 12.3 Å². The van der Waals surface area contributed by atoms with Crippen molar-refractivity contribution in [1.29, 1.82) is 0 Å². The van der Waals surface area contributed by atoms with Crippen LogP contribution in [0.1, 0.15) is 15.5 Å². The van der Waals surface area contributed by atoms with E-state index in [2.05, 4.69) is 4.98 Å². The van der Waals surface area contributed by atoms with E-state index in [4.69, 9.17) is 34.8 Å². The van der Waals surface area contributed by atoms with Gasteiger partial charge in [-0.2, -0.15) is 0 Å². The van der Waals surface area contributed by atoms with Gasteiger partial charge >= 0.3 is 0 Å². The Kier molecular flexibility index (Phi) is 3.74. The first kappa shape index (κ1) is 13.9. The van der Waals surface area contributed by atoms with E-state index < -0.39 is 9.58 Å². The lowest BCUT2D eigenvalue weighted by Crippen LogP contribution is -2.21. The van der Waals surface area contributed by atoms with Crippen molar-refractivity contribution in [1.82, 2.24) is 9.55 Å². The number of Topliss-reactive ketones (excluding diaryl/α,β-unsaturated/α-hetero) is 1. The molecule has 0 aliphatic carbocycles. The van der Waals surface area contributed by atoms with Crippen molar-refractivity contribution in [3.63, 3.8) is 0 Å². The van der Waals surface area contributed by atoms with Crippen LogP contribution in [0.3, 0.4) is 0 Å². The fourth-order valence-corrected chi connectivity index (χ4v) is 2.48. The van der Waals surface area contributed by atoms with Crippen LogP contribution in [-0.2, 0) is 7.05 Å². The highest BCUT2D eigenvalue weighted by molar-refractivity contribution is 7.09. The molecule has 0 atom stereocenters. The molecular weight excluding hydrogens is 315 g/mol. The quantitative estimate of drug-likeness (QED) is 0.618. The summed E-state index contributed by atoms with van der Waals surface area (Å²) < 4.78 is -0.310. The Balaban J connectivity index is 2.42. The predicted octanol–water partition coefficient (Wildman–Crippen LogP) is 4.01. The fraction of sp³-hybridized carbons (Fsp3) is 0.273. The number of alkyl halides is 3. The summed E-state index contributed by atoms with van der Waals surface area (Å²) in [5.74, 6) is -0.548. The summed E-state index contributed by atoms with van der Waals surface area (Å²) in [4.78, 5) is 16.3. The van der Waals surface area contributed by atoms with Crippen LogP contribution in [-0.4, -0.2) is 19.1 Å². The van der Waals surface area contributed by atoms with Crippen molar-refractivity contribution < 1.29 is 4.79 Å². The minimum atomic E-state index is -1.94. The number of ketones is 1. The minimum Gasteiger partial charge on any atom is -0.347 e. The average molecular weight is 324 g/mol. The molecule has 2 aromatic rings.